The summed E-state index contributed by atoms with van der Waals surface area (Å²) < 4.78 is 14.6. The maximum atomic E-state index is 14.6. The first kappa shape index (κ1) is 23.1. The number of hydrogen-bond donors (Lipinski definition) is 1. The van der Waals surface area contributed by atoms with E-state index in [0.29, 0.717) is 5.56 Å². The number of hydrogen-bond acceptors (Lipinski definition) is 3. The van der Waals surface area contributed by atoms with Crippen molar-refractivity contribution < 1.29 is 9.18 Å². The molecule has 1 unspecified atom stereocenters. The lowest BCUT2D eigenvalue weighted by atomic mass is 9.94. The summed E-state index contributed by atoms with van der Waals surface area (Å²) in [5.74, 6) is -0.229. The van der Waals surface area contributed by atoms with E-state index >= 15 is 0 Å². The largest absolute Gasteiger partial charge is 0.333 e. The molecule has 0 spiro atoms. The van der Waals surface area contributed by atoms with E-state index < -0.39 is 0 Å². The molecule has 34 heavy (non-hydrogen) atoms. The van der Waals surface area contributed by atoms with Crippen LogP contribution in [0.4, 0.5) is 4.39 Å². The second-order valence-corrected chi connectivity index (χ2v) is 10.2. The molecule has 5 heteroatoms. The summed E-state index contributed by atoms with van der Waals surface area (Å²) in [6, 6.07) is 19.6. The van der Waals surface area contributed by atoms with Crippen molar-refractivity contribution in [2.45, 2.75) is 51.1 Å². The van der Waals surface area contributed by atoms with Crippen LogP contribution < -0.4 is 0 Å². The van der Waals surface area contributed by atoms with Crippen molar-refractivity contribution in [3.8, 4) is 0 Å². The second kappa shape index (κ2) is 9.55. The van der Waals surface area contributed by atoms with Crippen molar-refractivity contribution in [3.63, 3.8) is 0 Å². The van der Waals surface area contributed by atoms with Crippen molar-refractivity contribution in [3.05, 3.63) is 105 Å². The van der Waals surface area contributed by atoms with E-state index in [1.165, 1.54) is 39.4 Å². The van der Waals surface area contributed by atoms with Crippen LogP contribution in [0.1, 0.15) is 44.3 Å². The number of carbonyl (C=O) groups excluding carboxylic acids is 1. The zero-order chi connectivity index (χ0) is 23.8. The topological polar surface area (TPSA) is 23.6 Å². The van der Waals surface area contributed by atoms with Gasteiger partial charge < -0.3 is 4.90 Å². The van der Waals surface area contributed by atoms with Crippen LogP contribution in [0, 0.1) is 19.7 Å². The van der Waals surface area contributed by atoms with Gasteiger partial charge in [-0.15, -0.1) is 0 Å². The number of amides is 1. The van der Waals surface area contributed by atoms with Gasteiger partial charge in [0.05, 0.1) is 11.9 Å². The fourth-order valence-electron chi connectivity index (χ4n) is 5.36. The van der Waals surface area contributed by atoms with Crippen LogP contribution in [0.2, 0.25) is 0 Å². The third-order valence-corrected chi connectivity index (χ3v) is 8.08. The van der Waals surface area contributed by atoms with E-state index in [1.807, 2.05) is 23.1 Å². The van der Waals surface area contributed by atoms with E-state index in [4.69, 9.17) is 12.6 Å². The predicted octanol–water partition coefficient (Wildman–Crippen LogP) is 5.43. The molecule has 0 saturated carbocycles. The average Bonchev–Trinajstić information content (AvgIpc) is 3.25. The van der Waals surface area contributed by atoms with E-state index in [1.54, 1.807) is 12.1 Å². The Morgan fingerprint density at radius 1 is 1.00 bits per heavy atom. The summed E-state index contributed by atoms with van der Waals surface area (Å²) in [4.78, 5) is 17.8. The van der Waals surface area contributed by atoms with Gasteiger partial charge in [-0.05, 0) is 72.6 Å². The standard InChI is InChI=1S/C29H31FN2OS/c1-19-13-23-11-12-31(29(34)26(23)14-20(19)2)18-28(33)32(17-24-9-5-6-10-27(24)30)25-15-21-7-3-4-8-22(21)16-25/h3-10,13-14,25,29,34H,11-12,15-18H2,1-2H3. The highest BCUT2D eigenvalue weighted by Crippen LogP contribution is 2.35. The van der Waals surface area contributed by atoms with Gasteiger partial charge in [-0.2, -0.15) is 12.6 Å². The van der Waals surface area contributed by atoms with Gasteiger partial charge in [0.15, 0.2) is 0 Å². The van der Waals surface area contributed by atoms with Crippen molar-refractivity contribution >= 4 is 18.5 Å². The first-order valence-electron chi connectivity index (χ1n) is 12.0. The molecule has 1 aliphatic carbocycles. The summed E-state index contributed by atoms with van der Waals surface area (Å²) in [5.41, 5.74) is 8.17. The summed E-state index contributed by atoms with van der Waals surface area (Å²) in [6.07, 6.45) is 2.52. The van der Waals surface area contributed by atoms with Crippen molar-refractivity contribution in [2.75, 3.05) is 13.1 Å². The van der Waals surface area contributed by atoms with Crippen molar-refractivity contribution in [1.82, 2.24) is 9.80 Å². The molecule has 176 valence electrons. The number of fused-ring (bicyclic) bond motifs is 2. The van der Waals surface area contributed by atoms with E-state index in [9.17, 15) is 9.18 Å². The number of aryl methyl sites for hydroxylation is 2. The molecule has 1 heterocycles. The van der Waals surface area contributed by atoms with Gasteiger partial charge >= 0.3 is 0 Å². The predicted molar refractivity (Wildman–Crippen MR) is 138 cm³/mol. The van der Waals surface area contributed by atoms with E-state index in [-0.39, 0.29) is 36.2 Å². The second-order valence-electron chi connectivity index (χ2n) is 9.67. The molecule has 0 aromatic heterocycles. The van der Waals surface area contributed by atoms with Gasteiger partial charge in [0.1, 0.15) is 5.82 Å². The average molecular weight is 475 g/mol. The number of nitrogens with zero attached hydrogens (tertiary/aromatic N) is 2. The van der Waals surface area contributed by atoms with Crippen molar-refractivity contribution in [1.29, 1.82) is 0 Å². The number of halogens is 1. The Bertz CT molecular complexity index is 1200. The lowest BCUT2D eigenvalue weighted by molar-refractivity contribution is -0.135. The maximum Gasteiger partial charge on any atom is 0.237 e. The van der Waals surface area contributed by atoms with Crippen LogP contribution in [0.3, 0.4) is 0 Å². The highest BCUT2D eigenvalue weighted by molar-refractivity contribution is 7.80. The van der Waals surface area contributed by atoms with E-state index in [0.717, 1.165) is 25.8 Å². The van der Waals surface area contributed by atoms with Crippen LogP contribution in [-0.4, -0.2) is 34.8 Å². The van der Waals surface area contributed by atoms with Crippen LogP contribution in [-0.2, 0) is 30.6 Å². The minimum absolute atomic E-state index is 0.0323. The summed E-state index contributed by atoms with van der Waals surface area (Å²) >= 11 is 4.92. The third kappa shape index (κ3) is 4.51. The summed E-state index contributed by atoms with van der Waals surface area (Å²) in [6.45, 7) is 5.60. The van der Waals surface area contributed by atoms with Gasteiger partial charge in [-0.1, -0.05) is 54.6 Å². The zero-order valence-corrected chi connectivity index (χ0v) is 20.7. The molecule has 5 rings (SSSR count). The minimum atomic E-state index is -0.263. The first-order valence-corrected chi connectivity index (χ1v) is 12.5. The molecule has 3 nitrogen and oxygen atoms in total. The lowest BCUT2D eigenvalue weighted by Gasteiger charge is -2.37. The Labute approximate surface area is 207 Å². The summed E-state index contributed by atoms with van der Waals surface area (Å²) in [5, 5.41) is -0.122. The Hall–Kier alpha value is -2.63. The lowest BCUT2D eigenvalue weighted by Crippen LogP contribution is -2.47. The molecular weight excluding hydrogens is 443 g/mol. The smallest absolute Gasteiger partial charge is 0.237 e. The minimum Gasteiger partial charge on any atom is -0.333 e. The SMILES string of the molecule is Cc1cc2c(cc1C)C(S)N(CC(=O)N(Cc1ccccc1F)C1Cc3ccccc3C1)CC2. The normalized spacial score (nSPS) is 17.9. The van der Waals surface area contributed by atoms with Crippen LogP contribution in [0.15, 0.2) is 60.7 Å². The van der Waals surface area contributed by atoms with Gasteiger partial charge in [-0.25, -0.2) is 4.39 Å². The number of benzene rings is 3. The molecule has 0 saturated heterocycles. The Morgan fingerprint density at radius 3 is 2.35 bits per heavy atom. The molecule has 0 fully saturated rings. The summed E-state index contributed by atoms with van der Waals surface area (Å²) in [7, 11) is 0. The van der Waals surface area contributed by atoms with Gasteiger partial charge in [0.2, 0.25) is 5.91 Å². The molecule has 1 aliphatic heterocycles. The van der Waals surface area contributed by atoms with Gasteiger partial charge in [0.25, 0.3) is 0 Å². The highest BCUT2D eigenvalue weighted by Gasteiger charge is 2.33. The van der Waals surface area contributed by atoms with E-state index in [2.05, 4.69) is 43.0 Å². The highest BCUT2D eigenvalue weighted by atomic mass is 32.1. The molecule has 1 amide bonds. The quantitative estimate of drug-likeness (QED) is 0.499. The fourth-order valence-corrected chi connectivity index (χ4v) is 5.79. The monoisotopic (exact) mass is 474 g/mol. The number of carbonyl (C=O) groups is 1. The van der Waals surface area contributed by atoms with Crippen LogP contribution in [0.5, 0.6) is 0 Å². The first-order chi connectivity index (χ1) is 16.4. The molecule has 0 radical (unpaired) electrons. The Morgan fingerprint density at radius 2 is 1.65 bits per heavy atom. The van der Waals surface area contributed by atoms with Gasteiger partial charge in [0, 0.05) is 24.7 Å². The molecule has 3 aromatic rings. The Kier molecular flexibility index (Phi) is 6.50. The number of rotatable bonds is 5. The van der Waals surface area contributed by atoms with Gasteiger partial charge in [-0.3, -0.25) is 9.69 Å². The van der Waals surface area contributed by atoms with Crippen LogP contribution in [0.25, 0.3) is 0 Å². The molecule has 1 atom stereocenters. The third-order valence-electron chi connectivity index (χ3n) is 7.48. The molecule has 2 aliphatic rings. The molecule has 3 aromatic carbocycles. The molecule has 0 bridgehead atoms. The maximum absolute atomic E-state index is 14.6. The Balaban J connectivity index is 1.38. The fraction of sp³-hybridized carbons (Fsp3) is 0.345. The zero-order valence-electron chi connectivity index (χ0n) is 19.8. The molecule has 0 N–H and O–H groups in total. The molecular formula is C29H31FN2OS. The number of thiol groups is 1. The van der Waals surface area contributed by atoms with Crippen LogP contribution >= 0.6 is 12.6 Å². The van der Waals surface area contributed by atoms with Crippen molar-refractivity contribution in [2.24, 2.45) is 0 Å².